The van der Waals surface area contributed by atoms with E-state index in [2.05, 4.69) is 0 Å². The quantitative estimate of drug-likeness (QED) is 0.483. The third-order valence-electron chi connectivity index (χ3n) is 1.33. The predicted molar refractivity (Wildman–Crippen MR) is 65.5 cm³/mol. The van der Waals surface area contributed by atoms with Crippen molar-refractivity contribution in [2.45, 2.75) is 19.8 Å². The molecule has 0 fully saturated rings. The zero-order chi connectivity index (χ0) is 17.0. The lowest BCUT2D eigenvalue weighted by atomic mass is 10.3. The maximum absolute atomic E-state index is 12.0. The van der Waals surface area contributed by atoms with Gasteiger partial charge in [0.05, 0.1) is 12.8 Å². The smallest absolute Gasteiger partial charge is 0.325 e. The van der Waals surface area contributed by atoms with Crippen molar-refractivity contribution in [3.8, 4) is 0 Å². The molecule has 1 aromatic heterocycles. The number of aromatic amines is 2. The first kappa shape index (κ1) is 20.3. The van der Waals surface area contributed by atoms with Crippen molar-refractivity contribution in [3.05, 3.63) is 32.9 Å². The molecule has 0 aromatic carbocycles. The Morgan fingerprint density at radius 2 is 1.48 bits per heavy atom. The highest BCUT2D eigenvalue weighted by atomic mass is 19.1. The van der Waals surface area contributed by atoms with Crippen molar-refractivity contribution in [3.63, 3.8) is 0 Å². The molecule has 0 aliphatic rings. The van der Waals surface area contributed by atoms with Crippen LogP contribution in [0, 0.1) is 5.82 Å². The maximum Gasteiger partial charge on any atom is 0.325 e. The van der Waals surface area contributed by atoms with Gasteiger partial charge in [-0.3, -0.25) is 24.2 Å². The highest BCUT2D eigenvalue weighted by molar-refractivity contribution is 5.75. The van der Waals surface area contributed by atoms with Gasteiger partial charge >= 0.3 is 17.6 Å². The summed E-state index contributed by atoms with van der Waals surface area (Å²) in [5.74, 6) is -3.98. The number of hydrogen-bond acceptors (Lipinski definition) is 5. The molecule has 0 saturated heterocycles. The number of carbonyl (C=O) groups is 3. The van der Waals surface area contributed by atoms with E-state index in [1.165, 1.54) is 0 Å². The first-order chi connectivity index (χ1) is 9.56. The molecule has 0 saturated carbocycles. The highest BCUT2D eigenvalue weighted by Crippen LogP contribution is 1.86. The Balaban J connectivity index is 0. The maximum atomic E-state index is 12.0. The van der Waals surface area contributed by atoms with Crippen molar-refractivity contribution in [2.75, 3.05) is 0 Å². The highest BCUT2D eigenvalue weighted by Gasteiger charge is 2.00. The molecular weight excluding hydrogens is 295 g/mol. The normalized spacial score (nSPS) is 8.48. The number of rotatable bonds is 3. The number of hydrogen-bond donors (Lipinski definition) is 5. The number of carboxylic acid groups (broad SMARTS) is 3. The summed E-state index contributed by atoms with van der Waals surface area (Å²) in [6.45, 7) is 1.08. The summed E-state index contributed by atoms with van der Waals surface area (Å²) in [6, 6.07) is 0. The molecule has 0 radical (unpaired) electrons. The molecule has 21 heavy (non-hydrogen) atoms. The molecular formula is C10H13FN2O8. The minimum Gasteiger partial charge on any atom is -0.481 e. The van der Waals surface area contributed by atoms with Gasteiger partial charge in [0.25, 0.3) is 11.5 Å². The van der Waals surface area contributed by atoms with Crippen LogP contribution in [-0.4, -0.2) is 43.2 Å². The van der Waals surface area contributed by atoms with E-state index in [-0.39, 0.29) is 12.8 Å². The van der Waals surface area contributed by atoms with E-state index in [1.807, 2.05) is 4.98 Å². The summed E-state index contributed by atoms with van der Waals surface area (Å²) in [5, 5.41) is 23.2. The van der Waals surface area contributed by atoms with Gasteiger partial charge in [0, 0.05) is 13.1 Å². The monoisotopic (exact) mass is 308 g/mol. The molecule has 0 aliphatic heterocycles. The molecule has 11 heteroatoms. The third kappa shape index (κ3) is 17.0. The zero-order valence-electron chi connectivity index (χ0n) is 10.8. The molecule has 0 atom stereocenters. The summed E-state index contributed by atoms with van der Waals surface area (Å²) in [5.41, 5.74) is -1.71. The van der Waals surface area contributed by atoms with Crippen molar-refractivity contribution in [1.29, 1.82) is 0 Å². The molecule has 5 N–H and O–H groups in total. The van der Waals surface area contributed by atoms with Crippen LogP contribution in [0.2, 0.25) is 0 Å². The SMILES string of the molecule is CC(=O)O.O=C(O)CCC(=O)O.O=c1[nH]cc(F)c(=O)[nH]1. The summed E-state index contributed by atoms with van der Waals surface area (Å²) in [4.78, 5) is 52.3. The van der Waals surface area contributed by atoms with Gasteiger partial charge in [0.1, 0.15) is 0 Å². The Morgan fingerprint density at radius 1 is 1.10 bits per heavy atom. The fourth-order valence-corrected chi connectivity index (χ4v) is 0.607. The molecule has 0 aliphatic carbocycles. The van der Waals surface area contributed by atoms with Gasteiger partial charge < -0.3 is 20.3 Å². The number of halogens is 1. The molecule has 0 spiro atoms. The van der Waals surface area contributed by atoms with Gasteiger partial charge in [0.15, 0.2) is 0 Å². The van der Waals surface area contributed by atoms with Crippen molar-refractivity contribution in [1.82, 2.24) is 9.97 Å². The largest absolute Gasteiger partial charge is 0.481 e. The second-order valence-electron chi connectivity index (χ2n) is 3.23. The summed E-state index contributed by atoms with van der Waals surface area (Å²) >= 11 is 0. The zero-order valence-corrected chi connectivity index (χ0v) is 10.8. The van der Waals surface area contributed by atoms with Crippen LogP contribution in [0.5, 0.6) is 0 Å². The average molecular weight is 308 g/mol. The Labute approximate surface area is 115 Å². The van der Waals surface area contributed by atoms with Crippen LogP contribution in [0.4, 0.5) is 4.39 Å². The van der Waals surface area contributed by atoms with Crippen LogP contribution >= 0.6 is 0 Å². The summed E-state index contributed by atoms with van der Waals surface area (Å²) in [7, 11) is 0. The number of carboxylic acids is 3. The van der Waals surface area contributed by atoms with Crippen molar-refractivity contribution in [2.24, 2.45) is 0 Å². The Kier molecular flexibility index (Phi) is 10.6. The van der Waals surface area contributed by atoms with Crippen LogP contribution in [0.25, 0.3) is 0 Å². The van der Waals surface area contributed by atoms with Crippen LogP contribution in [0.3, 0.4) is 0 Å². The summed E-state index contributed by atoms with van der Waals surface area (Å²) in [6.07, 6.45) is 0.117. The van der Waals surface area contributed by atoms with E-state index >= 15 is 0 Å². The molecule has 1 heterocycles. The predicted octanol–water partition coefficient (Wildman–Crippen LogP) is -0.771. The number of H-pyrrole nitrogens is 2. The number of aromatic nitrogens is 2. The molecule has 0 bridgehead atoms. The van der Waals surface area contributed by atoms with Gasteiger partial charge in [-0.25, -0.2) is 4.79 Å². The lowest BCUT2D eigenvalue weighted by molar-refractivity contribution is -0.143. The van der Waals surface area contributed by atoms with Crippen LogP contribution in [-0.2, 0) is 14.4 Å². The van der Waals surface area contributed by atoms with Gasteiger partial charge in [-0.05, 0) is 0 Å². The van der Waals surface area contributed by atoms with Crippen LogP contribution in [0.1, 0.15) is 19.8 Å². The number of nitrogens with one attached hydrogen (secondary N) is 2. The molecule has 0 amide bonds. The molecule has 10 nitrogen and oxygen atoms in total. The van der Waals surface area contributed by atoms with E-state index in [4.69, 9.17) is 20.1 Å². The fourth-order valence-electron chi connectivity index (χ4n) is 0.607. The van der Waals surface area contributed by atoms with Crippen LogP contribution < -0.4 is 11.2 Å². The van der Waals surface area contributed by atoms with Gasteiger partial charge in [0.2, 0.25) is 5.82 Å². The van der Waals surface area contributed by atoms with E-state index in [0.29, 0.717) is 6.20 Å². The second-order valence-corrected chi connectivity index (χ2v) is 3.23. The van der Waals surface area contributed by atoms with E-state index in [9.17, 15) is 23.6 Å². The minimum absolute atomic E-state index is 0.296. The van der Waals surface area contributed by atoms with E-state index in [1.54, 1.807) is 4.98 Å². The van der Waals surface area contributed by atoms with E-state index < -0.39 is 35.0 Å². The van der Waals surface area contributed by atoms with E-state index in [0.717, 1.165) is 6.92 Å². The Morgan fingerprint density at radius 3 is 1.71 bits per heavy atom. The first-order valence-electron chi connectivity index (χ1n) is 5.16. The Hall–Kier alpha value is -2.98. The topological polar surface area (TPSA) is 178 Å². The molecule has 1 aromatic rings. The molecule has 118 valence electrons. The van der Waals surface area contributed by atoms with Gasteiger partial charge in [-0.2, -0.15) is 4.39 Å². The van der Waals surface area contributed by atoms with Crippen molar-refractivity contribution < 1.29 is 34.1 Å². The standard InChI is InChI=1S/C4H3FN2O2.C4H6O4.C2H4O2/c5-2-1-6-4(9)7-3(2)8;5-3(6)1-2-4(7)8;1-2(3)4/h1H,(H2,6,7,8,9);1-2H2,(H,5,6)(H,7,8);1H3,(H,3,4). The lowest BCUT2D eigenvalue weighted by Gasteiger charge is -1.85. The molecule has 0 unspecified atom stereocenters. The van der Waals surface area contributed by atoms with Gasteiger partial charge in [-0.1, -0.05) is 0 Å². The summed E-state index contributed by atoms with van der Waals surface area (Å²) < 4.78 is 12.0. The van der Waals surface area contributed by atoms with Crippen molar-refractivity contribution >= 4 is 17.9 Å². The van der Waals surface area contributed by atoms with Crippen LogP contribution in [0.15, 0.2) is 15.8 Å². The fraction of sp³-hybridized carbons (Fsp3) is 0.300. The Bertz CT molecular complexity index is 573. The third-order valence-corrected chi connectivity index (χ3v) is 1.33. The second kappa shape index (κ2) is 10.9. The average Bonchev–Trinajstić information content (AvgIpc) is 2.32. The van der Waals surface area contributed by atoms with Gasteiger partial charge in [-0.15, -0.1) is 0 Å². The molecule has 1 rings (SSSR count). The minimum atomic E-state index is -1.08. The first-order valence-corrected chi connectivity index (χ1v) is 5.16. The lowest BCUT2D eigenvalue weighted by Crippen LogP contribution is -2.23. The number of aliphatic carboxylic acids is 3.